The van der Waals surface area contributed by atoms with Crippen LogP contribution in [0.3, 0.4) is 0 Å². The standard InChI is InChI=1S/C24H40N4O/c1-21-10-9-11-23(20-21)28-18-16-26(17-19-28)13-8-5-12-25-24(29)22(2)27-14-6-3-4-7-15-27/h9-11,20,22H,3-8,12-19H2,1-2H3,(H,25,29). The first-order chi connectivity index (χ1) is 14.1. The van der Waals surface area contributed by atoms with E-state index in [9.17, 15) is 4.79 Å². The number of hydrogen-bond donors (Lipinski definition) is 1. The lowest BCUT2D eigenvalue weighted by Crippen LogP contribution is -2.47. The third kappa shape index (κ3) is 7.00. The molecule has 2 heterocycles. The Hall–Kier alpha value is -1.59. The molecule has 1 amide bonds. The molecule has 5 nitrogen and oxygen atoms in total. The van der Waals surface area contributed by atoms with Gasteiger partial charge in [0.2, 0.25) is 5.91 Å². The fraction of sp³-hybridized carbons (Fsp3) is 0.708. The number of likely N-dealkylation sites (tertiary alicyclic amines) is 1. The predicted octanol–water partition coefficient (Wildman–Crippen LogP) is 3.28. The molecule has 2 saturated heterocycles. The van der Waals surface area contributed by atoms with Gasteiger partial charge in [-0.1, -0.05) is 25.0 Å². The van der Waals surface area contributed by atoms with Crippen LogP contribution >= 0.6 is 0 Å². The SMILES string of the molecule is Cc1cccc(N2CCN(CCCCNC(=O)C(C)N3CCCCCC3)CC2)c1. The summed E-state index contributed by atoms with van der Waals surface area (Å²) in [6.45, 7) is 12.8. The summed E-state index contributed by atoms with van der Waals surface area (Å²) >= 11 is 0. The van der Waals surface area contributed by atoms with Crippen LogP contribution in [0.5, 0.6) is 0 Å². The fourth-order valence-corrected chi connectivity index (χ4v) is 4.52. The van der Waals surface area contributed by atoms with E-state index in [1.165, 1.54) is 36.9 Å². The van der Waals surface area contributed by atoms with Crippen molar-refractivity contribution in [2.24, 2.45) is 0 Å². The van der Waals surface area contributed by atoms with Crippen molar-refractivity contribution in [1.82, 2.24) is 15.1 Å². The molecule has 0 bridgehead atoms. The van der Waals surface area contributed by atoms with E-state index in [0.29, 0.717) is 0 Å². The molecule has 1 atom stereocenters. The first-order valence-electron chi connectivity index (χ1n) is 11.7. The molecule has 1 N–H and O–H groups in total. The van der Waals surface area contributed by atoms with Gasteiger partial charge in [-0.25, -0.2) is 0 Å². The summed E-state index contributed by atoms with van der Waals surface area (Å²) < 4.78 is 0. The van der Waals surface area contributed by atoms with Gasteiger partial charge in [0.15, 0.2) is 0 Å². The van der Waals surface area contributed by atoms with E-state index in [-0.39, 0.29) is 11.9 Å². The highest BCUT2D eigenvalue weighted by Gasteiger charge is 2.21. The van der Waals surface area contributed by atoms with Gasteiger partial charge in [-0.2, -0.15) is 0 Å². The Morgan fingerprint density at radius 2 is 1.72 bits per heavy atom. The Labute approximate surface area is 177 Å². The number of nitrogens with zero attached hydrogens (tertiary/aromatic N) is 3. The highest BCUT2D eigenvalue weighted by Crippen LogP contribution is 2.18. The zero-order valence-corrected chi connectivity index (χ0v) is 18.5. The van der Waals surface area contributed by atoms with Gasteiger partial charge in [-0.3, -0.25) is 14.6 Å². The molecule has 2 fully saturated rings. The van der Waals surface area contributed by atoms with Crippen LogP contribution in [0.1, 0.15) is 51.0 Å². The lowest BCUT2D eigenvalue weighted by atomic mass is 10.2. The smallest absolute Gasteiger partial charge is 0.237 e. The van der Waals surface area contributed by atoms with Crippen LogP contribution in [0.4, 0.5) is 5.69 Å². The summed E-state index contributed by atoms with van der Waals surface area (Å²) in [7, 11) is 0. The van der Waals surface area contributed by atoms with Crippen molar-refractivity contribution in [3.8, 4) is 0 Å². The third-order valence-corrected chi connectivity index (χ3v) is 6.51. The molecule has 162 valence electrons. The number of benzene rings is 1. The number of carbonyl (C=O) groups excluding carboxylic acids is 1. The Morgan fingerprint density at radius 3 is 2.41 bits per heavy atom. The number of piperazine rings is 1. The summed E-state index contributed by atoms with van der Waals surface area (Å²) in [5, 5.41) is 3.16. The molecule has 0 spiro atoms. The summed E-state index contributed by atoms with van der Waals surface area (Å²) in [6, 6.07) is 8.83. The largest absolute Gasteiger partial charge is 0.369 e. The van der Waals surface area contributed by atoms with E-state index in [4.69, 9.17) is 0 Å². The Balaban J connectivity index is 1.27. The maximum Gasteiger partial charge on any atom is 0.237 e. The van der Waals surface area contributed by atoms with Crippen LogP contribution in [0, 0.1) is 6.92 Å². The van der Waals surface area contributed by atoms with E-state index in [1.807, 2.05) is 0 Å². The minimum atomic E-state index is 0.0165. The quantitative estimate of drug-likeness (QED) is 0.680. The molecule has 1 unspecified atom stereocenters. The number of unbranched alkanes of at least 4 members (excludes halogenated alkanes) is 1. The number of amides is 1. The van der Waals surface area contributed by atoms with Gasteiger partial charge >= 0.3 is 0 Å². The Kier molecular flexibility index (Phi) is 8.81. The molecule has 29 heavy (non-hydrogen) atoms. The molecular weight excluding hydrogens is 360 g/mol. The normalized spacial score (nSPS) is 20.3. The molecule has 2 aliphatic rings. The average Bonchev–Trinajstić information content (AvgIpc) is 3.03. The molecule has 5 heteroatoms. The maximum absolute atomic E-state index is 12.4. The van der Waals surface area contributed by atoms with Gasteiger partial charge in [0.1, 0.15) is 0 Å². The highest BCUT2D eigenvalue weighted by atomic mass is 16.2. The van der Waals surface area contributed by atoms with Gasteiger partial charge in [-0.15, -0.1) is 0 Å². The maximum atomic E-state index is 12.4. The van der Waals surface area contributed by atoms with E-state index >= 15 is 0 Å². The van der Waals surface area contributed by atoms with E-state index in [2.05, 4.69) is 58.1 Å². The number of rotatable bonds is 8. The van der Waals surface area contributed by atoms with Crippen LogP contribution in [0.15, 0.2) is 24.3 Å². The second-order valence-corrected chi connectivity index (χ2v) is 8.79. The van der Waals surface area contributed by atoms with Crippen molar-refractivity contribution in [2.45, 2.75) is 58.4 Å². The van der Waals surface area contributed by atoms with Crippen LogP contribution in [0.25, 0.3) is 0 Å². The molecule has 0 aromatic heterocycles. The number of anilines is 1. The van der Waals surface area contributed by atoms with E-state index in [0.717, 1.165) is 65.2 Å². The number of aryl methyl sites for hydroxylation is 1. The van der Waals surface area contributed by atoms with Gasteiger partial charge in [0.25, 0.3) is 0 Å². The second-order valence-electron chi connectivity index (χ2n) is 8.79. The minimum Gasteiger partial charge on any atom is -0.369 e. The average molecular weight is 401 g/mol. The minimum absolute atomic E-state index is 0.0165. The van der Waals surface area contributed by atoms with Gasteiger partial charge < -0.3 is 10.2 Å². The van der Waals surface area contributed by atoms with Crippen LogP contribution < -0.4 is 10.2 Å². The molecule has 1 aromatic rings. The summed E-state index contributed by atoms with van der Waals surface area (Å²) in [5.74, 6) is 0.207. The number of carbonyl (C=O) groups is 1. The first kappa shape index (κ1) is 22.1. The van der Waals surface area contributed by atoms with Crippen molar-refractivity contribution in [3.05, 3.63) is 29.8 Å². The molecule has 0 aliphatic carbocycles. The zero-order chi connectivity index (χ0) is 20.5. The van der Waals surface area contributed by atoms with Gasteiger partial charge in [0.05, 0.1) is 6.04 Å². The van der Waals surface area contributed by atoms with Crippen LogP contribution in [0.2, 0.25) is 0 Å². The first-order valence-corrected chi connectivity index (χ1v) is 11.7. The highest BCUT2D eigenvalue weighted by molar-refractivity contribution is 5.81. The van der Waals surface area contributed by atoms with Crippen molar-refractivity contribution in [3.63, 3.8) is 0 Å². The predicted molar refractivity (Wildman–Crippen MR) is 122 cm³/mol. The summed E-state index contributed by atoms with van der Waals surface area (Å²) in [6.07, 6.45) is 7.30. The van der Waals surface area contributed by atoms with Crippen molar-refractivity contribution >= 4 is 11.6 Å². The topological polar surface area (TPSA) is 38.8 Å². The van der Waals surface area contributed by atoms with Crippen molar-refractivity contribution in [1.29, 1.82) is 0 Å². The lowest BCUT2D eigenvalue weighted by molar-refractivity contribution is -0.125. The lowest BCUT2D eigenvalue weighted by Gasteiger charge is -2.36. The molecule has 1 aromatic carbocycles. The molecule has 2 aliphatic heterocycles. The summed E-state index contributed by atoms with van der Waals surface area (Å²) in [4.78, 5) is 19.9. The molecule has 3 rings (SSSR count). The monoisotopic (exact) mass is 400 g/mol. The Morgan fingerprint density at radius 1 is 1.00 bits per heavy atom. The van der Waals surface area contributed by atoms with Gasteiger partial charge in [-0.05, 0) is 76.9 Å². The van der Waals surface area contributed by atoms with E-state index in [1.54, 1.807) is 0 Å². The van der Waals surface area contributed by atoms with Gasteiger partial charge in [0, 0.05) is 38.4 Å². The second kappa shape index (κ2) is 11.6. The van der Waals surface area contributed by atoms with Crippen molar-refractivity contribution in [2.75, 3.05) is 57.3 Å². The van der Waals surface area contributed by atoms with E-state index < -0.39 is 0 Å². The van der Waals surface area contributed by atoms with Crippen LogP contribution in [-0.2, 0) is 4.79 Å². The third-order valence-electron chi connectivity index (χ3n) is 6.51. The molecular formula is C24H40N4O. The number of hydrogen-bond acceptors (Lipinski definition) is 4. The Bertz CT molecular complexity index is 619. The van der Waals surface area contributed by atoms with Crippen molar-refractivity contribution < 1.29 is 4.79 Å². The molecule has 0 radical (unpaired) electrons. The summed E-state index contributed by atoms with van der Waals surface area (Å²) in [5.41, 5.74) is 2.68. The molecule has 0 saturated carbocycles. The number of nitrogens with one attached hydrogen (secondary N) is 1. The zero-order valence-electron chi connectivity index (χ0n) is 18.5. The fourth-order valence-electron chi connectivity index (χ4n) is 4.52. The van der Waals surface area contributed by atoms with Crippen LogP contribution in [-0.4, -0.2) is 74.1 Å².